The molecule has 0 atom stereocenters. The summed E-state index contributed by atoms with van der Waals surface area (Å²) in [5, 5.41) is 8.64. The van der Waals surface area contributed by atoms with Gasteiger partial charge in [-0.05, 0) is 18.4 Å². The SMILES string of the molecule is O=C(O)CCCCCCCCOc1ncc(-c2ccccc2)c(-c2ccccc2)n1. The van der Waals surface area contributed by atoms with E-state index in [1.54, 1.807) is 0 Å². The topological polar surface area (TPSA) is 72.3 Å². The van der Waals surface area contributed by atoms with Crippen LogP contribution in [-0.2, 0) is 4.79 Å². The summed E-state index contributed by atoms with van der Waals surface area (Å²) in [7, 11) is 0. The van der Waals surface area contributed by atoms with E-state index in [2.05, 4.69) is 17.1 Å². The molecule has 3 aromatic rings. The maximum absolute atomic E-state index is 10.5. The van der Waals surface area contributed by atoms with Crippen LogP contribution in [0.25, 0.3) is 22.4 Å². The van der Waals surface area contributed by atoms with Crippen molar-refractivity contribution >= 4 is 5.97 Å². The molecule has 0 saturated heterocycles. The van der Waals surface area contributed by atoms with Gasteiger partial charge in [-0.15, -0.1) is 0 Å². The Labute approximate surface area is 177 Å². The quantitative estimate of drug-likeness (QED) is 0.375. The van der Waals surface area contributed by atoms with Crippen molar-refractivity contribution in [3.63, 3.8) is 0 Å². The molecule has 1 heterocycles. The minimum atomic E-state index is -0.712. The smallest absolute Gasteiger partial charge is 0.316 e. The predicted molar refractivity (Wildman–Crippen MR) is 118 cm³/mol. The Hall–Kier alpha value is -3.21. The zero-order valence-electron chi connectivity index (χ0n) is 17.2. The molecule has 3 rings (SSSR count). The molecule has 0 aliphatic carbocycles. The normalized spacial score (nSPS) is 10.7. The number of unbranched alkanes of at least 4 members (excludes halogenated alkanes) is 5. The fourth-order valence-corrected chi connectivity index (χ4v) is 3.33. The van der Waals surface area contributed by atoms with Crippen molar-refractivity contribution in [1.82, 2.24) is 9.97 Å². The van der Waals surface area contributed by atoms with Crippen molar-refractivity contribution in [2.75, 3.05) is 6.61 Å². The highest BCUT2D eigenvalue weighted by atomic mass is 16.5. The van der Waals surface area contributed by atoms with Gasteiger partial charge in [-0.25, -0.2) is 4.98 Å². The minimum absolute atomic E-state index is 0.267. The Bertz CT molecular complexity index is 914. The van der Waals surface area contributed by atoms with E-state index >= 15 is 0 Å². The van der Waals surface area contributed by atoms with Gasteiger partial charge in [0.15, 0.2) is 0 Å². The molecular formula is C25H28N2O3. The lowest BCUT2D eigenvalue weighted by Crippen LogP contribution is -2.03. The number of ether oxygens (including phenoxy) is 1. The van der Waals surface area contributed by atoms with Gasteiger partial charge in [0.2, 0.25) is 0 Å². The molecule has 0 bridgehead atoms. The monoisotopic (exact) mass is 404 g/mol. The van der Waals surface area contributed by atoms with Gasteiger partial charge in [0.05, 0.1) is 12.3 Å². The second kappa shape index (κ2) is 11.7. The van der Waals surface area contributed by atoms with Crippen LogP contribution in [0.4, 0.5) is 0 Å². The van der Waals surface area contributed by atoms with Crippen LogP contribution in [0.3, 0.4) is 0 Å². The van der Waals surface area contributed by atoms with Crippen LogP contribution in [0, 0.1) is 0 Å². The highest BCUT2D eigenvalue weighted by molar-refractivity contribution is 5.80. The van der Waals surface area contributed by atoms with Gasteiger partial charge in [0.1, 0.15) is 0 Å². The van der Waals surface area contributed by atoms with Gasteiger partial charge in [-0.1, -0.05) is 86.3 Å². The molecule has 5 heteroatoms. The van der Waals surface area contributed by atoms with Crippen LogP contribution < -0.4 is 4.74 Å². The standard InChI is InChI=1S/C25H28N2O3/c28-23(29)17-11-3-1-2-4-12-18-30-25-26-19-22(20-13-7-5-8-14-20)24(27-25)21-15-9-6-10-16-21/h5-10,13-16,19H,1-4,11-12,17-18H2,(H,28,29). The van der Waals surface area contributed by atoms with Crippen molar-refractivity contribution in [2.24, 2.45) is 0 Å². The van der Waals surface area contributed by atoms with Crippen molar-refractivity contribution in [3.05, 3.63) is 66.9 Å². The van der Waals surface area contributed by atoms with Crippen LogP contribution in [0.15, 0.2) is 66.9 Å². The summed E-state index contributed by atoms with van der Waals surface area (Å²) in [6.07, 6.45) is 7.98. The fourth-order valence-electron chi connectivity index (χ4n) is 3.33. The van der Waals surface area contributed by atoms with Crippen LogP contribution in [0.1, 0.15) is 44.9 Å². The minimum Gasteiger partial charge on any atom is -0.481 e. The molecule has 0 fully saturated rings. The van der Waals surface area contributed by atoms with Crippen molar-refractivity contribution < 1.29 is 14.6 Å². The molecule has 1 aromatic heterocycles. The summed E-state index contributed by atoms with van der Waals surface area (Å²) in [4.78, 5) is 19.6. The Morgan fingerprint density at radius 3 is 2.07 bits per heavy atom. The lowest BCUT2D eigenvalue weighted by atomic mass is 10.0. The van der Waals surface area contributed by atoms with Gasteiger partial charge in [-0.2, -0.15) is 4.98 Å². The molecule has 156 valence electrons. The summed E-state index contributed by atoms with van der Waals surface area (Å²) >= 11 is 0. The van der Waals surface area contributed by atoms with E-state index < -0.39 is 5.97 Å². The van der Waals surface area contributed by atoms with E-state index in [0.717, 1.165) is 60.9 Å². The average Bonchev–Trinajstić information content (AvgIpc) is 2.79. The predicted octanol–water partition coefficient (Wildman–Crippen LogP) is 6.00. The maximum Gasteiger partial charge on any atom is 0.316 e. The van der Waals surface area contributed by atoms with E-state index in [1.807, 2.05) is 54.7 Å². The Kier molecular flexibility index (Phi) is 8.39. The summed E-state index contributed by atoms with van der Waals surface area (Å²) < 4.78 is 5.82. The third-order valence-electron chi connectivity index (χ3n) is 4.91. The number of aromatic nitrogens is 2. The number of hydrogen-bond acceptors (Lipinski definition) is 4. The number of carboxylic acid groups (broad SMARTS) is 1. The van der Waals surface area contributed by atoms with E-state index in [9.17, 15) is 4.79 Å². The summed E-state index contributed by atoms with van der Waals surface area (Å²) in [6, 6.07) is 20.6. The van der Waals surface area contributed by atoms with E-state index in [-0.39, 0.29) is 6.42 Å². The number of aliphatic carboxylic acids is 1. The van der Waals surface area contributed by atoms with Crippen molar-refractivity contribution in [1.29, 1.82) is 0 Å². The molecule has 0 aliphatic rings. The molecule has 1 N–H and O–H groups in total. The molecule has 2 aromatic carbocycles. The number of carboxylic acids is 1. The van der Waals surface area contributed by atoms with Crippen LogP contribution in [0.2, 0.25) is 0 Å². The van der Waals surface area contributed by atoms with Crippen molar-refractivity contribution in [2.45, 2.75) is 44.9 Å². The number of nitrogens with zero attached hydrogens (tertiary/aromatic N) is 2. The molecule has 30 heavy (non-hydrogen) atoms. The summed E-state index contributed by atoms with van der Waals surface area (Å²) in [6.45, 7) is 0.577. The molecule has 0 aliphatic heterocycles. The largest absolute Gasteiger partial charge is 0.481 e. The van der Waals surface area contributed by atoms with Gasteiger partial charge in [-0.3, -0.25) is 4.79 Å². The Morgan fingerprint density at radius 1 is 0.800 bits per heavy atom. The molecule has 5 nitrogen and oxygen atoms in total. The number of hydrogen-bond donors (Lipinski definition) is 1. The number of benzene rings is 2. The first kappa shape index (κ1) is 21.5. The van der Waals surface area contributed by atoms with Gasteiger partial charge in [0.25, 0.3) is 0 Å². The zero-order chi connectivity index (χ0) is 21.0. The number of carbonyl (C=O) groups is 1. The molecular weight excluding hydrogens is 376 g/mol. The average molecular weight is 405 g/mol. The van der Waals surface area contributed by atoms with Crippen LogP contribution >= 0.6 is 0 Å². The molecule has 0 saturated carbocycles. The second-order valence-corrected chi connectivity index (χ2v) is 7.26. The van der Waals surface area contributed by atoms with Crippen LogP contribution in [0.5, 0.6) is 6.01 Å². The summed E-state index contributed by atoms with van der Waals surface area (Å²) in [5.41, 5.74) is 3.96. The Balaban J connectivity index is 1.56. The molecule has 0 amide bonds. The van der Waals surface area contributed by atoms with E-state index in [1.165, 1.54) is 0 Å². The van der Waals surface area contributed by atoms with Gasteiger partial charge >= 0.3 is 12.0 Å². The first-order chi connectivity index (χ1) is 14.7. The van der Waals surface area contributed by atoms with Gasteiger partial charge in [0, 0.05) is 23.7 Å². The molecule has 0 radical (unpaired) electrons. The van der Waals surface area contributed by atoms with Crippen molar-refractivity contribution in [3.8, 4) is 28.4 Å². The van der Waals surface area contributed by atoms with E-state index in [0.29, 0.717) is 12.6 Å². The first-order valence-corrected chi connectivity index (χ1v) is 10.6. The highest BCUT2D eigenvalue weighted by Crippen LogP contribution is 2.31. The summed E-state index contributed by atoms with van der Waals surface area (Å²) in [5.74, 6) is -0.712. The van der Waals surface area contributed by atoms with Gasteiger partial charge < -0.3 is 9.84 Å². The second-order valence-electron chi connectivity index (χ2n) is 7.26. The fraction of sp³-hybridized carbons (Fsp3) is 0.320. The lowest BCUT2D eigenvalue weighted by molar-refractivity contribution is -0.137. The maximum atomic E-state index is 10.5. The first-order valence-electron chi connectivity index (χ1n) is 10.6. The zero-order valence-corrected chi connectivity index (χ0v) is 17.2. The van der Waals surface area contributed by atoms with E-state index in [4.69, 9.17) is 14.8 Å². The third-order valence-corrected chi connectivity index (χ3v) is 4.91. The molecule has 0 spiro atoms. The van der Waals surface area contributed by atoms with Crippen LogP contribution in [-0.4, -0.2) is 27.7 Å². The molecule has 0 unspecified atom stereocenters. The lowest BCUT2D eigenvalue weighted by Gasteiger charge is -2.11. The third kappa shape index (κ3) is 6.69. The Morgan fingerprint density at radius 2 is 1.40 bits per heavy atom. The highest BCUT2D eigenvalue weighted by Gasteiger charge is 2.12. The number of rotatable bonds is 12.